The van der Waals surface area contributed by atoms with Crippen molar-refractivity contribution in [1.82, 2.24) is 0 Å². The van der Waals surface area contributed by atoms with Crippen LogP contribution < -0.4 is 0 Å². The predicted molar refractivity (Wildman–Crippen MR) is 51.3 cm³/mol. The second kappa shape index (κ2) is 4.62. The van der Waals surface area contributed by atoms with Crippen molar-refractivity contribution in [2.75, 3.05) is 13.7 Å². The van der Waals surface area contributed by atoms with E-state index in [4.69, 9.17) is 0 Å². The normalized spacial score (nSPS) is 13.6. The summed E-state index contributed by atoms with van der Waals surface area (Å²) in [5.41, 5.74) is -2.08. The lowest BCUT2D eigenvalue weighted by Crippen LogP contribution is -2.47. The molecular weight excluding hydrogens is 246 g/mol. The maximum Gasteiger partial charge on any atom is 0.378 e. The highest BCUT2D eigenvalue weighted by Crippen LogP contribution is 2.41. The van der Waals surface area contributed by atoms with Crippen molar-refractivity contribution >= 4 is 16.1 Å². The summed E-state index contributed by atoms with van der Waals surface area (Å²) in [4.78, 5) is 10.5. The molecule has 96 valence electrons. The molecule has 0 N–H and O–H groups in total. The van der Waals surface area contributed by atoms with Crippen molar-refractivity contribution in [3.63, 3.8) is 0 Å². The van der Waals surface area contributed by atoms with Crippen LogP contribution in [0.2, 0.25) is 0 Å². The molecule has 0 radical (unpaired) electrons. The van der Waals surface area contributed by atoms with Crippen LogP contribution in [-0.2, 0) is 23.8 Å². The van der Waals surface area contributed by atoms with Crippen LogP contribution in [0.3, 0.4) is 0 Å². The molecule has 0 aromatic carbocycles. The molecule has 0 fully saturated rings. The third-order valence-corrected chi connectivity index (χ3v) is 3.58. The molecule has 0 spiro atoms. The molecule has 16 heavy (non-hydrogen) atoms. The van der Waals surface area contributed by atoms with Gasteiger partial charge in [0.1, 0.15) is 6.61 Å². The zero-order valence-electron chi connectivity index (χ0n) is 9.41. The van der Waals surface area contributed by atoms with Gasteiger partial charge >= 0.3 is 21.3 Å². The number of hydrogen-bond donors (Lipinski definition) is 0. The first-order chi connectivity index (χ1) is 6.98. The third kappa shape index (κ3) is 2.88. The Bertz CT molecular complexity index is 361. The Morgan fingerprint density at radius 2 is 1.75 bits per heavy atom. The van der Waals surface area contributed by atoms with Crippen molar-refractivity contribution in [2.24, 2.45) is 5.41 Å². The second-order valence-corrected chi connectivity index (χ2v) is 5.56. The summed E-state index contributed by atoms with van der Waals surface area (Å²) in [7, 11) is -4.38. The standard InChI is InChI=1S/C8H14F2O5S/c1-6(11)15-5-7(2,3)8(9,10)16(12,13)14-4/h5H2,1-4H3. The van der Waals surface area contributed by atoms with Crippen LogP contribution in [0.25, 0.3) is 0 Å². The van der Waals surface area contributed by atoms with Crippen LogP contribution in [0.4, 0.5) is 8.78 Å². The summed E-state index contributed by atoms with van der Waals surface area (Å²) >= 11 is 0. The number of carbonyl (C=O) groups excluding carboxylic acids is 1. The summed E-state index contributed by atoms with van der Waals surface area (Å²) in [6, 6.07) is 0. The summed E-state index contributed by atoms with van der Waals surface area (Å²) < 4.78 is 57.2. The van der Waals surface area contributed by atoms with E-state index in [-0.39, 0.29) is 0 Å². The molecule has 0 aliphatic rings. The Labute approximate surface area is 92.8 Å². The monoisotopic (exact) mass is 260 g/mol. The summed E-state index contributed by atoms with van der Waals surface area (Å²) in [6.45, 7) is 2.25. The minimum atomic E-state index is -5.03. The number of ether oxygens (including phenoxy) is 1. The van der Waals surface area contributed by atoms with Crippen LogP contribution in [0.5, 0.6) is 0 Å². The van der Waals surface area contributed by atoms with Crippen molar-refractivity contribution in [3.05, 3.63) is 0 Å². The van der Waals surface area contributed by atoms with Crippen LogP contribution in [0, 0.1) is 5.41 Å². The van der Waals surface area contributed by atoms with Crippen LogP contribution in [0.1, 0.15) is 20.8 Å². The van der Waals surface area contributed by atoms with E-state index in [1.165, 1.54) is 0 Å². The van der Waals surface area contributed by atoms with Crippen LogP contribution >= 0.6 is 0 Å². The van der Waals surface area contributed by atoms with Gasteiger partial charge in [-0.1, -0.05) is 0 Å². The molecule has 0 aliphatic heterocycles. The summed E-state index contributed by atoms with van der Waals surface area (Å²) in [5.74, 6) is -0.765. The quantitative estimate of drug-likeness (QED) is 0.547. The smallest absolute Gasteiger partial charge is 0.378 e. The Morgan fingerprint density at radius 1 is 1.31 bits per heavy atom. The van der Waals surface area contributed by atoms with Gasteiger partial charge in [-0.3, -0.25) is 8.98 Å². The maximum absolute atomic E-state index is 13.5. The fourth-order valence-corrected chi connectivity index (χ4v) is 1.75. The lowest BCUT2D eigenvalue weighted by atomic mass is 9.95. The molecular formula is C8H14F2O5S. The van der Waals surface area contributed by atoms with E-state index >= 15 is 0 Å². The van der Waals surface area contributed by atoms with Gasteiger partial charge in [-0.05, 0) is 13.8 Å². The Balaban J connectivity index is 5.06. The first kappa shape index (κ1) is 15.2. The molecule has 5 nitrogen and oxygen atoms in total. The Hall–Kier alpha value is -0.760. The van der Waals surface area contributed by atoms with Gasteiger partial charge in [0.05, 0.1) is 12.5 Å². The van der Waals surface area contributed by atoms with Gasteiger partial charge in [0.25, 0.3) is 0 Å². The SMILES string of the molecule is COS(=O)(=O)C(F)(F)C(C)(C)COC(C)=O. The van der Waals surface area contributed by atoms with E-state index in [2.05, 4.69) is 8.92 Å². The number of alkyl halides is 2. The molecule has 0 heterocycles. The number of esters is 1. The first-order valence-electron chi connectivity index (χ1n) is 4.29. The van der Waals surface area contributed by atoms with Gasteiger partial charge in [0.15, 0.2) is 0 Å². The zero-order chi connectivity index (χ0) is 13.2. The summed E-state index contributed by atoms with van der Waals surface area (Å²) in [6.07, 6.45) is 0. The first-order valence-corrected chi connectivity index (χ1v) is 5.70. The highest BCUT2D eigenvalue weighted by atomic mass is 32.2. The number of hydrogen-bond acceptors (Lipinski definition) is 5. The van der Waals surface area contributed by atoms with E-state index in [1.807, 2.05) is 0 Å². The lowest BCUT2D eigenvalue weighted by Gasteiger charge is -2.31. The molecule has 0 atom stereocenters. The average molecular weight is 260 g/mol. The zero-order valence-corrected chi connectivity index (χ0v) is 10.2. The molecule has 0 saturated heterocycles. The average Bonchev–Trinajstić information content (AvgIpc) is 2.14. The van der Waals surface area contributed by atoms with Gasteiger partial charge in [0, 0.05) is 6.92 Å². The fourth-order valence-electron chi connectivity index (χ4n) is 0.809. The molecule has 0 aromatic heterocycles. The van der Waals surface area contributed by atoms with E-state index in [0.717, 1.165) is 20.8 Å². The van der Waals surface area contributed by atoms with Gasteiger partial charge in [-0.15, -0.1) is 0 Å². The van der Waals surface area contributed by atoms with E-state index in [9.17, 15) is 22.0 Å². The molecule has 0 unspecified atom stereocenters. The lowest BCUT2D eigenvalue weighted by molar-refractivity contribution is -0.150. The predicted octanol–water partition coefficient (Wildman–Crippen LogP) is 1.14. The number of rotatable bonds is 5. The fraction of sp³-hybridized carbons (Fsp3) is 0.875. The number of carbonyl (C=O) groups is 1. The molecule has 8 heteroatoms. The van der Waals surface area contributed by atoms with Gasteiger partial charge < -0.3 is 4.74 Å². The third-order valence-electron chi connectivity index (χ3n) is 1.96. The van der Waals surface area contributed by atoms with Crippen molar-refractivity contribution in [2.45, 2.75) is 26.0 Å². The topological polar surface area (TPSA) is 69.7 Å². The molecule has 0 aromatic rings. The van der Waals surface area contributed by atoms with Gasteiger partial charge in [0.2, 0.25) is 0 Å². The van der Waals surface area contributed by atoms with Crippen molar-refractivity contribution < 1.29 is 30.9 Å². The van der Waals surface area contributed by atoms with Crippen LogP contribution in [0.15, 0.2) is 0 Å². The van der Waals surface area contributed by atoms with E-state index < -0.39 is 33.4 Å². The van der Waals surface area contributed by atoms with Gasteiger partial charge in [-0.2, -0.15) is 17.2 Å². The summed E-state index contributed by atoms with van der Waals surface area (Å²) in [5, 5.41) is -4.15. The Kier molecular flexibility index (Phi) is 4.40. The number of halogens is 2. The van der Waals surface area contributed by atoms with E-state index in [0.29, 0.717) is 7.11 Å². The largest absolute Gasteiger partial charge is 0.465 e. The highest BCUT2D eigenvalue weighted by molar-refractivity contribution is 7.87. The Morgan fingerprint density at radius 3 is 2.06 bits per heavy atom. The minimum absolute atomic E-state index is 0.644. The molecule has 0 saturated carbocycles. The van der Waals surface area contributed by atoms with Crippen molar-refractivity contribution in [3.8, 4) is 0 Å². The molecule has 0 bridgehead atoms. The van der Waals surface area contributed by atoms with Gasteiger partial charge in [-0.25, -0.2) is 0 Å². The minimum Gasteiger partial charge on any atom is -0.465 e. The van der Waals surface area contributed by atoms with Crippen LogP contribution in [-0.4, -0.2) is 33.4 Å². The molecule has 0 rings (SSSR count). The van der Waals surface area contributed by atoms with Crippen molar-refractivity contribution in [1.29, 1.82) is 0 Å². The molecule has 0 aliphatic carbocycles. The second-order valence-electron chi connectivity index (χ2n) is 3.80. The van der Waals surface area contributed by atoms with E-state index in [1.54, 1.807) is 0 Å². The highest BCUT2D eigenvalue weighted by Gasteiger charge is 2.58. The molecule has 0 amide bonds. The maximum atomic E-state index is 13.5.